The van der Waals surface area contributed by atoms with Gasteiger partial charge in [-0.2, -0.15) is 0 Å². The van der Waals surface area contributed by atoms with Crippen LogP contribution in [0.4, 0.5) is 0 Å². The fourth-order valence-corrected chi connectivity index (χ4v) is 1.64. The average Bonchev–Trinajstić information content (AvgIpc) is 2.81. The monoisotopic (exact) mass is 276 g/mol. The molecule has 0 aliphatic heterocycles. The number of rotatable bonds is 4. The van der Waals surface area contributed by atoms with Crippen molar-refractivity contribution in [2.75, 3.05) is 6.54 Å². The summed E-state index contributed by atoms with van der Waals surface area (Å²) in [5, 5.41) is 16.9. The van der Waals surface area contributed by atoms with Gasteiger partial charge in [0.05, 0.1) is 0 Å². The van der Waals surface area contributed by atoms with Crippen LogP contribution in [-0.2, 0) is 16.0 Å². The molecule has 6 nitrogen and oxygen atoms in total. The zero-order valence-electron chi connectivity index (χ0n) is 10.7. The summed E-state index contributed by atoms with van der Waals surface area (Å²) < 4.78 is 0. The number of fused-ring (bicyclic) bond motifs is 1. The van der Waals surface area contributed by atoms with Gasteiger partial charge in [0, 0.05) is 29.3 Å². The van der Waals surface area contributed by atoms with Crippen molar-refractivity contribution in [3.63, 3.8) is 0 Å². The largest absolute Gasteiger partial charge is 0.478 e. The zero-order chi connectivity index (χ0) is 15.0. The van der Waals surface area contributed by atoms with Gasteiger partial charge in [-0.05, 0) is 24.6 Å². The first-order valence-corrected chi connectivity index (χ1v) is 5.93. The molecule has 0 radical (unpaired) electrons. The van der Waals surface area contributed by atoms with Crippen molar-refractivity contribution in [3.8, 4) is 0 Å². The minimum absolute atomic E-state index is 0.558. The van der Waals surface area contributed by atoms with Crippen LogP contribution in [0.2, 0.25) is 0 Å². The number of aliphatic carboxylic acids is 2. The van der Waals surface area contributed by atoms with Crippen LogP contribution in [0.25, 0.3) is 10.9 Å². The molecule has 1 heterocycles. The van der Waals surface area contributed by atoms with E-state index in [0.717, 1.165) is 6.42 Å². The molecule has 0 saturated heterocycles. The quantitative estimate of drug-likeness (QED) is 0.629. The molecule has 5 N–H and O–H groups in total. The van der Waals surface area contributed by atoms with E-state index in [1.54, 1.807) is 0 Å². The molecule has 1 aromatic heterocycles. The molecule has 2 rings (SSSR count). The Labute approximate surface area is 115 Å². The summed E-state index contributed by atoms with van der Waals surface area (Å²) in [6, 6.07) is 8.29. The lowest BCUT2D eigenvalue weighted by atomic mass is 10.1. The Kier molecular flexibility index (Phi) is 5.99. The molecule has 6 heteroatoms. The highest BCUT2D eigenvalue weighted by Crippen LogP contribution is 2.17. The number of aromatic amines is 1. The Morgan fingerprint density at radius 1 is 1.15 bits per heavy atom. The van der Waals surface area contributed by atoms with Crippen LogP contribution in [0.15, 0.2) is 42.6 Å². The van der Waals surface area contributed by atoms with Crippen LogP contribution in [0.3, 0.4) is 0 Å². The van der Waals surface area contributed by atoms with E-state index in [9.17, 15) is 9.59 Å². The van der Waals surface area contributed by atoms with Gasteiger partial charge in [-0.15, -0.1) is 0 Å². The summed E-state index contributed by atoms with van der Waals surface area (Å²) in [5.74, 6) is -2.51. The number of benzene rings is 1. The van der Waals surface area contributed by atoms with E-state index < -0.39 is 11.9 Å². The summed E-state index contributed by atoms with van der Waals surface area (Å²) in [4.78, 5) is 22.3. The van der Waals surface area contributed by atoms with Crippen molar-refractivity contribution < 1.29 is 19.8 Å². The van der Waals surface area contributed by atoms with Crippen molar-refractivity contribution in [2.45, 2.75) is 6.42 Å². The van der Waals surface area contributed by atoms with E-state index in [2.05, 4.69) is 23.2 Å². The standard InChI is InChI=1S/C10H12N2.C4H4O4/c11-6-5-8-7-12-10-4-2-1-3-9(8)10;5-3(6)1-2-4(7)8/h1-4,7,12H,5-6,11H2;1-2H,(H,5,6)(H,7,8)/b;2-1+. The lowest BCUT2D eigenvalue weighted by Gasteiger charge is -1.93. The lowest BCUT2D eigenvalue weighted by molar-refractivity contribution is -0.134. The predicted molar refractivity (Wildman–Crippen MR) is 75.5 cm³/mol. The average molecular weight is 276 g/mol. The molecule has 20 heavy (non-hydrogen) atoms. The van der Waals surface area contributed by atoms with Crippen LogP contribution >= 0.6 is 0 Å². The van der Waals surface area contributed by atoms with Gasteiger partial charge in [-0.25, -0.2) is 9.59 Å². The fraction of sp³-hybridized carbons (Fsp3) is 0.143. The van der Waals surface area contributed by atoms with Gasteiger partial charge in [0.2, 0.25) is 0 Å². The highest BCUT2D eigenvalue weighted by Gasteiger charge is 1.99. The number of aromatic nitrogens is 1. The number of para-hydroxylation sites is 1. The number of H-pyrrole nitrogens is 1. The number of carboxylic acids is 2. The molecule has 0 atom stereocenters. The van der Waals surface area contributed by atoms with Crippen LogP contribution in [0.1, 0.15) is 5.56 Å². The summed E-state index contributed by atoms with van der Waals surface area (Å²) in [7, 11) is 0. The van der Waals surface area contributed by atoms with Gasteiger partial charge in [0.15, 0.2) is 0 Å². The third kappa shape index (κ3) is 4.95. The number of nitrogens with two attached hydrogens (primary N) is 1. The SMILES string of the molecule is NCCc1c[nH]c2ccccc12.O=C(O)/C=C/C(=O)O. The molecule has 106 valence electrons. The van der Waals surface area contributed by atoms with Gasteiger partial charge in [-0.3, -0.25) is 0 Å². The molecule has 0 amide bonds. The van der Waals surface area contributed by atoms with Crippen molar-refractivity contribution in [1.29, 1.82) is 0 Å². The summed E-state index contributed by atoms with van der Waals surface area (Å²) in [6.45, 7) is 0.710. The smallest absolute Gasteiger partial charge is 0.328 e. The van der Waals surface area contributed by atoms with E-state index in [4.69, 9.17) is 15.9 Å². The second-order valence-corrected chi connectivity index (χ2v) is 3.91. The van der Waals surface area contributed by atoms with E-state index >= 15 is 0 Å². The maximum absolute atomic E-state index is 9.55. The van der Waals surface area contributed by atoms with Crippen LogP contribution in [-0.4, -0.2) is 33.7 Å². The summed E-state index contributed by atoms with van der Waals surface area (Å²) in [6.07, 6.45) is 4.10. The Bertz CT molecular complexity index is 600. The predicted octanol–water partition coefficient (Wildman–Crippen LogP) is 1.38. The molecule has 0 unspecified atom stereocenters. The normalized spacial score (nSPS) is 10.2. The molecule has 0 aliphatic rings. The highest BCUT2D eigenvalue weighted by atomic mass is 16.4. The zero-order valence-corrected chi connectivity index (χ0v) is 10.7. The van der Waals surface area contributed by atoms with Gasteiger partial charge < -0.3 is 20.9 Å². The van der Waals surface area contributed by atoms with Crippen molar-refractivity contribution >= 4 is 22.8 Å². The Morgan fingerprint density at radius 3 is 2.30 bits per heavy atom. The first kappa shape index (κ1) is 15.5. The molecule has 0 fully saturated rings. The highest BCUT2D eigenvalue weighted by molar-refractivity contribution is 5.89. The number of hydrogen-bond donors (Lipinski definition) is 4. The van der Waals surface area contributed by atoms with Gasteiger partial charge >= 0.3 is 11.9 Å². The molecule has 1 aromatic carbocycles. The van der Waals surface area contributed by atoms with Crippen molar-refractivity contribution in [1.82, 2.24) is 4.98 Å². The number of hydrogen-bond acceptors (Lipinski definition) is 3. The number of carboxylic acid groups (broad SMARTS) is 2. The lowest BCUT2D eigenvalue weighted by Crippen LogP contribution is -2.01. The Morgan fingerprint density at radius 2 is 1.75 bits per heavy atom. The molecule has 0 bridgehead atoms. The fourth-order valence-electron chi connectivity index (χ4n) is 1.64. The van der Waals surface area contributed by atoms with Crippen LogP contribution in [0.5, 0.6) is 0 Å². The van der Waals surface area contributed by atoms with E-state index in [1.807, 2.05) is 12.3 Å². The van der Waals surface area contributed by atoms with E-state index in [-0.39, 0.29) is 0 Å². The third-order valence-electron chi connectivity index (χ3n) is 2.46. The van der Waals surface area contributed by atoms with Crippen molar-refractivity contribution in [2.24, 2.45) is 5.73 Å². The van der Waals surface area contributed by atoms with E-state index in [0.29, 0.717) is 18.7 Å². The molecule has 0 spiro atoms. The summed E-state index contributed by atoms with van der Waals surface area (Å²) in [5.41, 5.74) is 8.01. The maximum Gasteiger partial charge on any atom is 0.328 e. The molecular formula is C14H16N2O4. The molecule has 0 saturated carbocycles. The molecular weight excluding hydrogens is 260 g/mol. The van der Waals surface area contributed by atoms with Crippen molar-refractivity contribution in [3.05, 3.63) is 48.2 Å². The van der Waals surface area contributed by atoms with Crippen LogP contribution in [0, 0.1) is 0 Å². The topological polar surface area (TPSA) is 116 Å². The summed E-state index contributed by atoms with van der Waals surface area (Å²) >= 11 is 0. The molecule has 2 aromatic rings. The Balaban J connectivity index is 0.000000221. The minimum Gasteiger partial charge on any atom is -0.478 e. The second-order valence-electron chi connectivity index (χ2n) is 3.91. The second kappa shape index (κ2) is 7.75. The Hall–Kier alpha value is -2.60. The van der Waals surface area contributed by atoms with Gasteiger partial charge in [0.25, 0.3) is 0 Å². The number of carbonyl (C=O) groups is 2. The first-order chi connectivity index (χ1) is 9.54. The van der Waals surface area contributed by atoms with Gasteiger partial charge in [-0.1, -0.05) is 18.2 Å². The van der Waals surface area contributed by atoms with Gasteiger partial charge in [0.1, 0.15) is 0 Å². The third-order valence-corrected chi connectivity index (χ3v) is 2.46. The first-order valence-electron chi connectivity index (χ1n) is 5.93. The minimum atomic E-state index is -1.26. The number of nitrogens with one attached hydrogen (secondary N) is 1. The van der Waals surface area contributed by atoms with Crippen LogP contribution < -0.4 is 5.73 Å². The maximum atomic E-state index is 9.55. The molecule has 0 aliphatic carbocycles. The van der Waals surface area contributed by atoms with E-state index in [1.165, 1.54) is 16.5 Å².